The lowest BCUT2D eigenvalue weighted by atomic mass is 10.0. The standard InChI is InChI=1S/C10H12FNO4/c11-5-1-2-6(7(12)3-5)10(16)8(13)4-9(14)15/h1-3,8,10,13,16H,4,12H2,(H,14,15). The van der Waals surface area contributed by atoms with Crippen molar-refractivity contribution in [1.29, 1.82) is 0 Å². The number of anilines is 1. The van der Waals surface area contributed by atoms with E-state index in [1.807, 2.05) is 0 Å². The van der Waals surface area contributed by atoms with Gasteiger partial charge in [-0.05, 0) is 12.1 Å². The average molecular weight is 229 g/mol. The topological polar surface area (TPSA) is 104 Å². The van der Waals surface area contributed by atoms with Crippen molar-refractivity contribution in [3.05, 3.63) is 29.6 Å². The van der Waals surface area contributed by atoms with E-state index in [2.05, 4.69) is 0 Å². The third-order valence-corrected chi connectivity index (χ3v) is 2.12. The Hall–Kier alpha value is -1.66. The second-order valence-corrected chi connectivity index (χ2v) is 3.38. The summed E-state index contributed by atoms with van der Waals surface area (Å²) in [6, 6.07) is 3.27. The van der Waals surface area contributed by atoms with Crippen LogP contribution in [0.2, 0.25) is 0 Å². The summed E-state index contributed by atoms with van der Waals surface area (Å²) in [6.07, 6.45) is -3.54. The van der Waals surface area contributed by atoms with Crippen LogP contribution in [0.5, 0.6) is 0 Å². The van der Waals surface area contributed by atoms with Crippen LogP contribution >= 0.6 is 0 Å². The molecule has 6 heteroatoms. The first-order valence-corrected chi connectivity index (χ1v) is 4.54. The minimum Gasteiger partial charge on any atom is -0.481 e. The fraction of sp³-hybridized carbons (Fsp3) is 0.300. The zero-order valence-corrected chi connectivity index (χ0v) is 8.30. The molecular weight excluding hydrogens is 217 g/mol. The second kappa shape index (κ2) is 4.91. The van der Waals surface area contributed by atoms with Crippen LogP contribution in [0.4, 0.5) is 10.1 Å². The van der Waals surface area contributed by atoms with Gasteiger partial charge in [0.15, 0.2) is 0 Å². The van der Waals surface area contributed by atoms with Crippen molar-refractivity contribution < 1.29 is 24.5 Å². The lowest BCUT2D eigenvalue weighted by Crippen LogP contribution is -2.22. The molecule has 0 aliphatic carbocycles. The number of halogens is 1. The highest BCUT2D eigenvalue weighted by molar-refractivity contribution is 5.67. The van der Waals surface area contributed by atoms with E-state index in [4.69, 9.17) is 10.8 Å². The average Bonchev–Trinajstić information content (AvgIpc) is 2.15. The minimum absolute atomic E-state index is 0.0306. The Balaban J connectivity index is 2.87. The van der Waals surface area contributed by atoms with Gasteiger partial charge in [-0.15, -0.1) is 0 Å². The van der Waals surface area contributed by atoms with E-state index >= 15 is 0 Å². The van der Waals surface area contributed by atoms with Crippen molar-refractivity contribution in [3.8, 4) is 0 Å². The molecule has 0 aromatic heterocycles. The SMILES string of the molecule is Nc1cc(F)ccc1C(O)C(O)CC(=O)O. The van der Waals surface area contributed by atoms with Crippen molar-refractivity contribution >= 4 is 11.7 Å². The predicted molar refractivity (Wildman–Crippen MR) is 54.0 cm³/mol. The Labute approximate surface area is 90.9 Å². The lowest BCUT2D eigenvalue weighted by Gasteiger charge is -2.18. The van der Waals surface area contributed by atoms with Crippen LogP contribution in [0.1, 0.15) is 18.1 Å². The summed E-state index contributed by atoms with van der Waals surface area (Å²) in [5.74, 6) is -1.81. The van der Waals surface area contributed by atoms with E-state index < -0.39 is 30.4 Å². The molecule has 0 heterocycles. The molecule has 5 nitrogen and oxygen atoms in total. The van der Waals surface area contributed by atoms with Crippen molar-refractivity contribution in [2.75, 3.05) is 5.73 Å². The molecule has 5 N–H and O–H groups in total. The van der Waals surface area contributed by atoms with Crippen LogP contribution in [0, 0.1) is 5.82 Å². The highest BCUT2D eigenvalue weighted by Gasteiger charge is 2.22. The number of benzene rings is 1. The molecule has 0 amide bonds. The fourth-order valence-electron chi connectivity index (χ4n) is 1.31. The number of nitrogens with two attached hydrogens (primary N) is 1. The van der Waals surface area contributed by atoms with Crippen LogP contribution < -0.4 is 5.73 Å². The van der Waals surface area contributed by atoms with Gasteiger partial charge in [0.2, 0.25) is 0 Å². The van der Waals surface area contributed by atoms with Gasteiger partial charge in [0.25, 0.3) is 0 Å². The molecule has 0 fully saturated rings. The van der Waals surface area contributed by atoms with E-state index in [1.165, 1.54) is 6.07 Å². The highest BCUT2D eigenvalue weighted by atomic mass is 19.1. The molecule has 16 heavy (non-hydrogen) atoms. The maximum atomic E-state index is 12.7. The van der Waals surface area contributed by atoms with Gasteiger partial charge in [-0.1, -0.05) is 6.07 Å². The van der Waals surface area contributed by atoms with Crippen LogP contribution in [0.25, 0.3) is 0 Å². The molecule has 0 radical (unpaired) electrons. The number of aliphatic carboxylic acids is 1. The van der Waals surface area contributed by atoms with E-state index in [0.29, 0.717) is 0 Å². The van der Waals surface area contributed by atoms with Crippen LogP contribution in [-0.2, 0) is 4.79 Å². The van der Waals surface area contributed by atoms with Gasteiger partial charge in [-0.2, -0.15) is 0 Å². The van der Waals surface area contributed by atoms with Crippen molar-refractivity contribution in [3.63, 3.8) is 0 Å². The zero-order valence-electron chi connectivity index (χ0n) is 8.30. The highest BCUT2D eigenvalue weighted by Crippen LogP contribution is 2.25. The molecule has 0 aliphatic heterocycles. The number of hydrogen-bond acceptors (Lipinski definition) is 4. The van der Waals surface area contributed by atoms with Gasteiger partial charge in [0, 0.05) is 11.3 Å². The lowest BCUT2D eigenvalue weighted by molar-refractivity contribution is -0.141. The smallest absolute Gasteiger partial charge is 0.306 e. The van der Waals surface area contributed by atoms with Crippen molar-refractivity contribution in [2.24, 2.45) is 0 Å². The summed E-state index contributed by atoms with van der Waals surface area (Å²) in [6.45, 7) is 0. The molecule has 1 rings (SSSR count). The Kier molecular flexibility index (Phi) is 3.81. The first-order chi connectivity index (χ1) is 7.41. The van der Waals surface area contributed by atoms with E-state index in [0.717, 1.165) is 12.1 Å². The van der Waals surface area contributed by atoms with E-state index in [1.54, 1.807) is 0 Å². The Morgan fingerprint density at radius 2 is 2.06 bits per heavy atom. The number of nitrogen functional groups attached to an aromatic ring is 1. The molecule has 0 aliphatic rings. The third-order valence-electron chi connectivity index (χ3n) is 2.12. The summed E-state index contributed by atoms with van der Waals surface area (Å²) in [5.41, 5.74) is 5.51. The number of carbonyl (C=O) groups is 1. The summed E-state index contributed by atoms with van der Waals surface area (Å²) in [4.78, 5) is 10.3. The maximum Gasteiger partial charge on any atom is 0.306 e. The van der Waals surface area contributed by atoms with Gasteiger partial charge in [-0.25, -0.2) is 4.39 Å². The van der Waals surface area contributed by atoms with Crippen molar-refractivity contribution in [1.82, 2.24) is 0 Å². The van der Waals surface area contributed by atoms with Gasteiger partial charge < -0.3 is 21.1 Å². The summed E-state index contributed by atoms with van der Waals surface area (Å²) in [5, 5.41) is 27.4. The van der Waals surface area contributed by atoms with Crippen LogP contribution in [-0.4, -0.2) is 27.4 Å². The Morgan fingerprint density at radius 3 is 2.56 bits per heavy atom. The van der Waals surface area contributed by atoms with Crippen LogP contribution in [0.3, 0.4) is 0 Å². The molecular formula is C10H12FNO4. The molecule has 0 saturated carbocycles. The number of carboxylic acids is 1. The number of aliphatic hydroxyl groups is 2. The minimum atomic E-state index is -1.48. The van der Waals surface area contributed by atoms with Crippen LogP contribution in [0.15, 0.2) is 18.2 Å². The maximum absolute atomic E-state index is 12.7. The largest absolute Gasteiger partial charge is 0.481 e. The first-order valence-electron chi connectivity index (χ1n) is 4.54. The molecule has 2 atom stereocenters. The van der Waals surface area contributed by atoms with E-state index in [-0.39, 0.29) is 11.3 Å². The van der Waals surface area contributed by atoms with Gasteiger partial charge in [0.1, 0.15) is 11.9 Å². The summed E-state index contributed by atoms with van der Waals surface area (Å²) < 4.78 is 12.7. The number of carboxylic acid groups (broad SMARTS) is 1. The molecule has 88 valence electrons. The van der Waals surface area contributed by atoms with Crippen molar-refractivity contribution in [2.45, 2.75) is 18.6 Å². The second-order valence-electron chi connectivity index (χ2n) is 3.38. The summed E-state index contributed by atoms with van der Waals surface area (Å²) in [7, 11) is 0. The molecule has 0 bridgehead atoms. The first kappa shape index (κ1) is 12.4. The number of hydrogen-bond donors (Lipinski definition) is 4. The molecule has 2 unspecified atom stereocenters. The number of aliphatic hydroxyl groups excluding tert-OH is 2. The molecule has 0 saturated heterocycles. The van der Waals surface area contributed by atoms with Gasteiger partial charge >= 0.3 is 5.97 Å². The zero-order chi connectivity index (χ0) is 12.3. The predicted octanol–water partition coefficient (Wildman–Crippen LogP) is 0.277. The monoisotopic (exact) mass is 229 g/mol. The fourth-order valence-corrected chi connectivity index (χ4v) is 1.31. The number of rotatable bonds is 4. The van der Waals surface area contributed by atoms with Gasteiger partial charge in [-0.3, -0.25) is 4.79 Å². The quantitative estimate of drug-likeness (QED) is 0.555. The third kappa shape index (κ3) is 2.91. The Bertz CT molecular complexity index is 396. The Morgan fingerprint density at radius 1 is 1.44 bits per heavy atom. The van der Waals surface area contributed by atoms with E-state index in [9.17, 15) is 19.4 Å². The molecule has 1 aromatic rings. The molecule has 1 aromatic carbocycles. The van der Waals surface area contributed by atoms with Gasteiger partial charge in [0.05, 0.1) is 12.5 Å². The normalized spacial score (nSPS) is 14.4. The molecule has 0 spiro atoms. The summed E-state index contributed by atoms with van der Waals surface area (Å²) >= 11 is 0.